The number of nitrogens with one attached hydrogen (secondary N) is 8. The van der Waals surface area contributed by atoms with Crippen LogP contribution >= 0.6 is 0 Å². The van der Waals surface area contributed by atoms with E-state index in [4.69, 9.17) is 0 Å². The van der Waals surface area contributed by atoms with Crippen LogP contribution in [0.3, 0.4) is 0 Å². The number of hydrogen-bond acceptors (Lipinski definition) is 10. The fourth-order valence-corrected chi connectivity index (χ4v) is 3.40. The molecular weight excluding hydrogens is 556 g/mol. The summed E-state index contributed by atoms with van der Waals surface area (Å²) in [6, 6.07) is 1.41. The van der Waals surface area contributed by atoms with Gasteiger partial charge < -0.3 is 41.4 Å². The summed E-state index contributed by atoms with van der Waals surface area (Å²) in [4.78, 5) is 83.2. The molecule has 2 heterocycles. The molecule has 0 saturated carbocycles. The Hall–Kier alpha value is -4.84. The summed E-state index contributed by atoms with van der Waals surface area (Å²) in [5.74, 6) is -1.85. The largest absolute Gasteiger partial charge is 0.380 e. The van der Waals surface area contributed by atoms with Crippen molar-refractivity contribution in [3.8, 4) is 0 Å². The number of aliphatic hydroxyl groups is 2. The molecule has 230 valence electrons. The van der Waals surface area contributed by atoms with Gasteiger partial charge in [0.15, 0.2) is 12.2 Å². The Morgan fingerprint density at radius 1 is 0.667 bits per heavy atom. The summed E-state index contributed by atoms with van der Waals surface area (Å²) in [6.45, 7) is 4.03. The van der Waals surface area contributed by atoms with Gasteiger partial charge in [0.05, 0.1) is 0 Å². The van der Waals surface area contributed by atoms with E-state index in [9.17, 15) is 39.0 Å². The number of carbonyl (C=O) groups excluding carboxylic acids is 4. The molecule has 0 fully saturated rings. The Morgan fingerprint density at radius 2 is 1.00 bits per heavy atom. The lowest BCUT2D eigenvalue weighted by molar-refractivity contribution is -0.146. The number of amides is 6. The number of carbonyl (C=O) groups is 4. The van der Waals surface area contributed by atoms with Gasteiger partial charge in [0.25, 0.3) is 22.9 Å². The van der Waals surface area contributed by atoms with E-state index in [-0.39, 0.29) is 38.1 Å². The van der Waals surface area contributed by atoms with E-state index in [1.807, 2.05) is 0 Å². The number of nitrogens with zero attached hydrogens (tertiary/aromatic N) is 2. The molecule has 2 aromatic heterocycles. The molecule has 2 atom stereocenters. The number of rotatable bonds is 15. The maximum Gasteiger partial charge on any atom is 0.321 e. The highest BCUT2D eigenvalue weighted by Crippen LogP contribution is 1.98. The van der Waals surface area contributed by atoms with Gasteiger partial charge in [-0.3, -0.25) is 29.8 Å². The van der Waals surface area contributed by atoms with Gasteiger partial charge in [-0.05, 0) is 39.5 Å². The number of hydrogen-bond donors (Lipinski definition) is 10. The van der Waals surface area contributed by atoms with Gasteiger partial charge in [0.1, 0.15) is 0 Å². The molecule has 0 aliphatic rings. The Bertz CT molecular complexity index is 1240. The van der Waals surface area contributed by atoms with Crippen molar-refractivity contribution in [2.75, 3.05) is 36.8 Å². The number of aryl methyl sites for hydroxylation is 2. The minimum Gasteiger partial charge on any atom is -0.380 e. The fraction of sp³-hybridized carbons (Fsp3) is 0.500. The lowest BCUT2D eigenvalue weighted by Gasteiger charge is -2.17. The summed E-state index contributed by atoms with van der Waals surface area (Å²) < 4.78 is 0. The predicted molar refractivity (Wildman–Crippen MR) is 150 cm³/mol. The fourth-order valence-electron chi connectivity index (χ4n) is 3.40. The second-order valence-electron chi connectivity index (χ2n) is 9.15. The SMILES string of the molecule is Cc1cc(=O)nc(NC(=O)NCCCCNC(=O)C(O)C(O)C(=O)NCCCCNC(=O)Nc2nc(=O)cc(C)[nH]2)[nH]1. The van der Waals surface area contributed by atoms with Crippen molar-refractivity contribution in [2.24, 2.45) is 0 Å². The van der Waals surface area contributed by atoms with E-state index in [0.29, 0.717) is 37.1 Å². The van der Waals surface area contributed by atoms with Gasteiger partial charge in [-0.15, -0.1) is 0 Å². The molecule has 0 radical (unpaired) electrons. The van der Waals surface area contributed by atoms with Crippen LogP contribution in [0, 0.1) is 13.8 Å². The quantitative estimate of drug-likeness (QED) is 0.101. The molecule has 2 rings (SSSR count). The van der Waals surface area contributed by atoms with Crippen LogP contribution in [0.4, 0.5) is 21.5 Å². The van der Waals surface area contributed by atoms with Crippen LogP contribution in [-0.4, -0.2) is 92.4 Å². The first-order chi connectivity index (χ1) is 19.9. The zero-order valence-electron chi connectivity index (χ0n) is 23.2. The highest BCUT2D eigenvalue weighted by Gasteiger charge is 2.29. The lowest BCUT2D eigenvalue weighted by atomic mass is 10.1. The molecule has 0 bridgehead atoms. The smallest absolute Gasteiger partial charge is 0.321 e. The van der Waals surface area contributed by atoms with Crippen LogP contribution in [0.2, 0.25) is 0 Å². The molecule has 0 spiro atoms. The third-order valence-electron chi connectivity index (χ3n) is 5.43. The molecule has 0 saturated heterocycles. The zero-order valence-corrected chi connectivity index (χ0v) is 23.2. The second kappa shape index (κ2) is 17.1. The van der Waals surface area contributed by atoms with Crippen LogP contribution in [0.5, 0.6) is 0 Å². The summed E-state index contributed by atoms with van der Waals surface area (Å²) in [7, 11) is 0. The number of aliphatic hydroxyl groups excluding tert-OH is 2. The van der Waals surface area contributed by atoms with E-state index in [1.54, 1.807) is 13.8 Å². The highest BCUT2D eigenvalue weighted by molar-refractivity contribution is 5.90. The standard InChI is InChI=1S/C24H36N10O8/c1-13-11-15(35)31-21(29-13)33-23(41)27-9-5-3-7-25-19(39)17(37)18(38)20(40)26-8-4-6-10-28-24(42)34-22-30-14(2)12-16(36)32-22/h11-12,17-18,37-38H,3-10H2,1-2H3,(H,25,39)(H,26,40)(H3,27,29,31,33,35,41)(H3,28,30,32,34,36,42). The van der Waals surface area contributed by atoms with Crippen LogP contribution in [0.25, 0.3) is 0 Å². The van der Waals surface area contributed by atoms with Gasteiger partial charge in [-0.2, -0.15) is 9.97 Å². The Morgan fingerprint density at radius 3 is 1.33 bits per heavy atom. The van der Waals surface area contributed by atoms with Crippen molar-refractivity contribution in [3.63, 3.8) is 0 Å². The third-order valence-corrected chi connectivity index (χ3v) is 5.43. The van der Waals surface area contributed by atoms with E-state index < -0.39 is 47.2 Å². The molecule has 10 N–H and O–H groups in total. The number of unbranched alkanes of at least 4 members (excludes halogenated alkanes) is 2. The Balaban J connectivity index is 1.53. The molecular formula is C24H36N10O8. The summed E-state index contributed by atoms with van der Waals surface area (Å²) in [6.07, 6.45) is -2.19. The van der Waals surface area contributed by atoms with Crippen molar-refractivity contribution < 1.29 is 29.4 Å². The molecule has 6 amide bonds. The second-order valence-corrected chi connectivity index (χ2v) is 9.15. The first-order valence-corrected chi connectivity index (χ1v) is 13.1. The van der Waals surface area contributed by atoms with Crippen molar-refractivity contribution in [3.05, 3.63) is 44.2 Å². The first kappa shape index (κ1) is 33.4. The molecule has 18 heteroatoms. The topological polar surface area (TPSA) is 272 Å². The molecule has 2 aromatic rings. The number of urea groups is 2. The first-order valence-electron chi connectivity index (χ1n) is 13.1. The normalized spacial score (nSPS) is 12.0. The monoisotopic (exact) mass is 592 g/mol. The number of aromatic amines is 2. The average molecular weight is 593 g/mol. The van der Waals surface area contributed by atoms with Gasteiger partial charge in [0, 0.05) is 49.7 Å². The molecule has 2 unspecified atom stereocenters. The summed E-state index contributed by atoms with van der Waals surface area (Å²) in [5, 5.41) is 34.6. The maximum atomic E-state index is 12.0. The molecule has 18 nitrogen and oxygen atoms in total. The van der Waals surface area contributed by atoms with Crippen molar-refractivity contribution in [2.45, 2.75) is 51.7 Å². The van der Waals surface area contributed by atoms with Crippen LogP contribution in [0.1, 0.15) is 37.1 Å². The highest BCUT2D eigenvalue weighted by atomic mass is 16.3. The minimum atomic E-state index is -1.98. The van der Waals surface area contributed by atoms with Gasteiger partial charge >= 0.3 is 12.1 Å². The van der Waals surface area contributed by atoms with Gasteiger partial charge in [-0.25, -0.2) is 9.59 Å². The third kappa shape index (κ3) is 12.6. The van der Waals surface area contributed by atoms with E-state index in [2.05, 4.69) is 51.8 Å². The number of aromatic nitrogens is 4. The molecule has 0 aromatic carbocycles. The van der Waals surface area contributed by atoms with E-state index in [1.165, 1.54) is 12.1 Å². The van der Waals surface area contributed by atoms with Crippen LogP contribution in [-0.2, 0) is 9.59 Å². The van der Waals surface area contributed by atoms with Crippen molar-refractivity contribution in [1.29, 1.82) is 0 Å². The molecule has 0 aliphatic carbocycles. The maximum absolute atomic E-state index is 12.0. The number of anilines is 2. The number of H-pyrrole nitrogens is 2. The molecule has 0 aliphatic heterocycles. The summed E-state index contributed by atoms with van der Waals surface area (Å²) >= 11 is 0. The van der Waals surface area contributed by atoms with E-state index >= 15 is 0 Å². The van der Waals surface area contributed by atoms with Crippen LogP contribution < -0.4 is 43.0 Å². The van der Waals surface area contributed by atoms with Gasteiger partial charge in [0.2, 0.25) is 11.9 Å². The van der Waals surface area contributed by atoms with Crippen LogP contribution in [0.15, 0.2) is 21.7 Å². The Kier molecular flexibility index (Phi) is 13.6. The summed E-state index contributed by atoms with van der Waals surface area (Å²) in [5.41, 5.74) is 0.0889. The molecule has 42 heavy (non-hydrogen) atoms. The lowest BCUT2D eigenvalue weighted by Crippen LogP contribution is -2.49. The van der Waals surface area contributed by atoms with Crippen molar-refractivity contribution >= 4 is 35.8 Å². The van der Waals surface area contributed by atoms with E-state index in [0.717, 1.165) is 0 Å². The predicted octanol–water partition coefficient (Wildman–Crippen LogP) is -2.07. The Labute approximate surface area is 239 Å². The zero-order chi connectivity index (χ0) is 31.1. The minimum absolute atomic E-state index is 0.00956. The van der Waals surface area contributed by atoms with Crippen molar-refractivity contribution in [1.82, 2.24) is 41.2 Å². The average Bonchev–Trinajstić information content (AvgIpc) is 2.90. The van der Waals surface area contributed by atoms with Gasteiger partial charge in [-0.1, -0.05) is 0 Å².